The summed E-state index contributed by atoms with van der Waals surface area (Å²) in [7, 11) is -0.0824. The van der Waals surface area contributed by atoms with Crippen LogP contribution in [0.15, 0.2) is 35.4 Å². The van der Waals surface area contributed by atoms with Gasteiger partial charge in [0.15, 0.2) is 0 Å². The predicted octanol–water partition coefficient (Wildman–Crippen LogP) is 5.29. The summed E-state index contributed by atoms with van der Waals surface area (Å²) in [5.74, 6) is 2.48. The van der Waals surface area contributed by atoms with Crippen molar-refractivity contribution >= 4 is 7.92 Å². The number of nitrogens with zero attached hydrogens (tertiary/aromatic N) is 1. The van der Waals surface area contributed by atoms with Crippen molar-refractivity contribution in [3.63, 3.8) is 0 Å². The molecule has 0 atom stereocenters. The molecule has 0 fully saturated rings. The third-order valence-electron chi connectivity index (χ3n) is 4.04. The lowest BCUT2D eigenvalue weighted by Gasteiger charge is -2.32. The van der Waals surface area contributed by atoms with Crippen molar-refractivity contribution in [1.29, 1.82) is 0 Å². The normalized spacial score (nSPS) is 17.5. The zero-order valence-corrected chi connectivity index (χ0v) is 16.6. The molecule has 0 radical (unpaired) electrons. The molecule has 0 saturated carbocycles. The quantitative estimate of drug-likeness (QED) is 0.641. The van der Waals surface area contributed by atoms with E-state index in [1.165, 1.54) is 11.4 Å². The Morgan fingerprint density at radius 2 is 1.55 bits per heavy atom. The van der Waals surface area contributed by atoms with Gasteiger partial charge in [-0.25, -0.2) is 0 Å². The van der Waals surface area contributed by atoms with E-state index < -0.39 is 0 Å². The summed E-state index contributed by atoms with van der Waals surface area (Å²) >= 11 is 0. The minimum absolute atomic E-state index is 0.0824. The van der Waals surface area contributed by atoms with Gasteiger partial charge in [0, 0.05) is 30.0 Å². The molecule has 1 aliphatic heterocycles. The molecule has 0 aromatic heterocycles. The molecular weight excluding hydrogens is 287 g/mol. The zero-order valence-electron chi connectivity index (χ0n) is 15.7. The number of nitrogens with one attached hydrogen (secondary N) is 1. The average molecular weight is 322 g/mol. The van der Waals surface area contributed by atoms with E-state index in [-0.39, 0.29) is 7.92 Å². The highest BCUT2D eigenvalue weighted by Crippen LogP contribution is 2.48. The van der Waals surface area contributed by atoms with Crippen LogP contribution in [0.25, 0.3) is 0 Å². The number of rotatable bonds is 7. The number of hydrogen-bond acceptors (Lipinski definition) is 2. The first-order valence-electron chi connectivity index (χ1n) is 8.61. The Bertz CT molecular complexity index is 415. The molecule has 1 rings (SSSR count). The summed E-state index contributed by atoms with van der Waals surface area (Å²) in [6.07, 6.45) is 6.60. The van der Waals surface area contributed by atoms with E-state index in [1.54, 1.807) is 0 Å². The Morgan fingerprint density at radius 1 is 1.00 bits per heavy atom. The number of hydrogen-bond donors (Lipinski definition) is 1. The van der Waals surface area contributed by atoms with Gasteiger partial charge in [0.25, 0.3) is 0 Å². The summed E-state index contributed by atoms with van der Waals surface area (Å²) in [4.78, 5) is 2.52. The molecule has 0 aromatic rings. The van der Waals surface area contributed by atoms with Gasteiger partial charge in [-0.1, -0.05) is 41.7 Å². The molecule has 0 unspecified atom stereocenters. The van der Waals surface area contributed by atoms with Crippen molar-refractivity contribution in [3.05, 3.63) is 35.4 Å². The van der Waals surface area contributed by atoms with E-state index in [9.17, 15) is 0 Å². The van der Waals surface area contributed by atoms with Gasteiger partial charge in [-0.3, -0.25) is 4.90 Å². The van der Waals surface area contributed by atoms with Crippen LogP contribution < -0.4 is 5.32 Å². The van der Waals surface area contributed by atoms with E-state index in [2.05, 4.69) is 89.7 Å². The standard InChI is InChI=1S/C19H35N2P/c1-14(2)21(15(3)4)12-18-10-9-11-19(20-18)13-22(16(5)6)17(7)8/h9-11,13-17,20H,12H2,1-8H3/b19-13+. The maximum absolute atomic E-state index is 3.64. The molecule has 0 amide bonds. The fraction of sp³-hybridized carbons (Fsp3) is 0.684. The highest BCUT2D eigenvalue weighted by atomic mass is 31.1. The summed E-state index contributed by atoms with van der Waals surface area (Å²) in [5.41, 5.74) is 4.04. The fourth-order valence-corrected chi connectivity index (χ4v) is 5.18. The molecule has 0 spiro atoms. The molecule has 126 valence electrons. The lowest BCUT2D eigenvalue weighted by molar-refractivity contribution is 0.189. The van der Waals surface area contributed by atoms with Crippen LogP contribution >= 0.6 is 7.92 Å². The third kappa shape index (κ3) is 5.89. The number of dihydropyridines is 1. The molecule has 1 aliphatic rings. The maximum Gasteiger partial charge on any atom is 0.0390 e. The smallest absolute Gasteiger partial charge is 0.0390 e. The molecule has 2 nitrogen and oxygen atoms in total. The second-order valence-electron chi connectivity index (χ2n) is 7.26. The van der Waals surface area contributed by atoms with Gasteiger partial charge in [0.2, 0.25) is 0 Å². The van der Waals surface area contributed by atoms with Crippen LogP contribution in [0.2, 0.25) is 0 Å². The van der Waals surface area contributed by atoms with Crippen LogP contribution in [0, 0.1) is 0 Å². The minimum atomic E-state index is -0.0824. The van der Waals surface area contributed by atoms with Crippen molar-refractivity contribution in [1.82, 2.24) is 10.2 Å². The van der Waals surface area contributed by atoms with Gasteiger partial charge in [-0.15, -0.1) is 0 Å². The van der Waals surface area contributed by atoms with E-state index in [1.807, 2.05) is 0 Å². The lowest BCUT2D eigenvalue weighted by atomic mass is 10.2. The fourth-order valence-electron chi connectivity index (χ4n) is 2.92. The van der Waals surface area contributed by atoms with Gasteiger partial charge in [0.1, 0.15) is 0 Å². The average Bonchev–Trinajstić information content (AvgIpc) is 2.41. The van der Waals surface area contributed by atoms with E-state index in [4.69, 9.17) is 0 Å². The van der Waals surface area contributed by atoms with E-state index in [0.29, 0.717) is 12.1 Å². The van der Waals surface area contributed by atoms with E-state index in [0.717, 1.165) is 17.9 Å². The Hall–Kier alpha value is -0.590. The molecule has 0 bridgehead atoms. The van der Waals surface area contributed by atoms with Gasteiger partial charge >= 0.3 is 0 Å². The zero-order chi connectivity index (χ0) is 16.9. The van der Waals surface area contributed by atoms with Crippen LogP contribution in [0.1, 0.15) is 55.4 Å². The Balaban J connectivity index is 2.80. The maximum atomic E-state index is 3.64. The monoisotopic (exact) mass is 322 g/mol. The molecule has 0 aromatic carbocycles. The molecule has 1 heterocycles. The predicted molar refractivity (Wildman–Crippen MR) is 103 cm³/mol. The minimum Gasteiger partial charge on any atom is -0.358 e. The van der Waals surface area contributed by atoms with Gasteiger partial charge in [0.05, 0.1) is 0 Å². The Kier molecular flexibility index (Phi) is 7.86. The first-order valence-corrected chi connectivity index (χ1v) is 10.2. The van der Waals surface area contributed by atoms with Crippen molar-refractivity contribution in [2.75, 3.05) is 6.54 Å². The highest BCUT2D eigenvalue weighted by Gasteiger charge is 2.18. The summed E-state index contributed by atoms with van der Waals surface area (Å²) in [5, 5.41) is 3.64. The molecule has 1 N–H and O–H groups in total. The molecule has 22 heavy (non-hydrogen) atoms. The van der Waals surface area contributed by atoms with Gasteiger partial charge in [-0.2, -0.15) is 0 Å². The van der Waals surface area contributed by atoms with Crippen LogP contribution in [0.4, 0.5) is 0 Å². The van der Waals surface area contributed by atoms with E-state index >= 15 is 0 Å². The highest BCUT2D eigenvalue weighted by molar-refractivity contribution is 7.62. The molecular formula is C19H35N2P. The molecule has 0 aliphatic carbocycles. The van der Waals surface area contributed by atoms with Crippen LogP contribution in [0.3, 0.4) is 0 Å². The van der Waals surface area contributed by atoms with Crippen molar-refractivity contribution in [2.24, 2.45) is 0 Å². The second-order valence-corrected chi connectivity index (χ2v) is 10.5. The van der Waals surface area contributed by atoms with Gasteiger partial charge < -0.3 is 5.32 Å². The van der Waals surface area contributed by atoms with Crippen LogP contribution in [0.5, 0.6) is 0 Å². The molecule has 3 heteroatoms. The Morgan fingerprint density at radius 3 is 2.00 bits per heavy atom. The lowest BCUT2D eigenvalue weighted by Crippen LogP contribution is -2.40. The summed E-state index contributed by atoms with van der Waals surface area (Å²) < 4.78 is 0. The third-order valence-corrected chi connectivity index (χ3v) is 7.00. The second kappa shape index (κ2) is 8.89. The largest absolute Gasteiger partial charge is 0.358 e. The Labute approximate surface area is 139 Å². The summed E-state index contributed by atoms with van der Waals surface area (Å²) in [6.45, 7) is 19.4. The van der Waals surface area contributed by atoms with Crippen LogP contribution in [-0.4, -0.2) is 34.8 Å². The van der Waals surface area contributed by atoms with Crippen molar-refractivity contribution < 1.29 is 0 Å². The first kappa shape index (κ1) is 19.5. The summed E-state index contributed by atoms with van der Waals surface area (Å²) in [6, 6.07) is 1.12. The van der Waals surface area contributed by atoms with Crippen molar-refractivity contribution in [3.8, 4) is 0 Å². The van der Waals surface area contributed by atoms with Gasteiger partial charge in [-0.05, 0) is 57.0 Å². The van der Waals surface area contributed by atoms with Crippen LogP contribution in [-0.2, 0) is 0 Å². The number of allylic oxidation sites excluding steroid dienone is 3. The molecule has 0 saturated heterocycles. The SMILES string of the molecule is CC(C)N(CC1=CC=C/C(=C\P(C(C)C)C(C)C)N1)C(C)C. The first-order chi connectivity index (χ1) is 10.2. The van der Waals surface area contributed by atoms with Crippen molar-refractivity contribution in [2.45, 2.75) is 78.8 Å². The topological polar surface area (TPSA) is 15.3 Å².